The zero-order valence-corrected chi connectivity index (χ0v) is 16.2. The van der Waals surface area contributed by atoms with Crippen molar-refractivity contribution in [2.75, 3.05) is 16.0 Å². The van der Waals surface area contributed by atoms with E-state index in [1.807, 2.05) is 0 Å². The number of nitrogens with one attached hydrogen (secondary N) is 4. The summed E-state index contributed by atoms with van der Waals surface area (Å²) in [6.45, 7) is 0. The number of anilines is 4. The topological polar surface area (TPSA) is 159 Å². The third-order valence-electron chi connectivity index (χ3n) is 4.70. The van der Waals surface area contributed by atoms with E-state index in [1.165, 1.54) is 48.5 Å². The molecule has 1 atom stereocenters. The van der Waals surface area contributed by atoms with Gasteiger partial charge in [-0.1, -0.05) is 6.07 Å². The van der Waals surface area contributed by atoms with Gasteiger partial charge in [0.15, 0.2) is 0 Å². The molecule has 0 radical (unpaired) electrons. The highest BCUT2D eigenvalue weighted by Gasteiger charge is 2.35. The van der Waals surface area contributed by atoms with Crippen LogP contribution in [0.3, 0.4) is 0 Å². The van der Waals surface area contributed by atoms with Crippen LogP contribution in [-0.4, -0.2) is 26.7 Å². The standard InChI is InChI=1S/C20H15FN6O5/c21-10-4-6-11(7-5-10)23-20-25-17-16(19(30)26-20)14(9-15(28)24-17)18(29)22-12-2-1-3-13(8-12)27(31)32/h1-8,14H,9H2,(H,22,29)(H3,23,24,25,26,28,30). The second kappa shape index (κ2) is 8.26. The Bertz CT molecular complexity index is 1290. The fraction of sp³-hybridized carbons (Fsp3) is 0.100. The molecule has 1 aromatic heterocycles. The van der Waals surface area contributed by atoms with Gasteiger partial charge < -0.3 is 16.0 Å². The molecule has 0 saturated carbocycles. The van der Waals surface area contributed by atoms with Gasteiger partial charge in [-0.3, -0.25) is 29.5 Å². The van der Waals surface area contributed by atoms with Crippen LogP contribution < -0.4 is 21.5 Å². The molecule has 11 nitrogen and oxygen atoms in total. The minimum atomic E-state index is -1.16. The molecule has 1 aliphatic rings. The molecule has 4 N–H and O–H groups in total. The Morgan fingerprint density at radius 1 is 1.16 bits per heavy atom. The third-order valence-corrected chi connectivity index (χ3v) is 4.70. The molecule has 4 rings (SSSR count). The van der Waals surface area contributed by atoms with Crippen molar-refractivity contribution in [3.05, 3.63) is 80.4 Å². The summed E-state index contributed by atoms with van der Waals surface area (Å²) in [5.74, 6) is -2.91. The van der Waals surface area contributed by atoms with E-state index >= 15 is 0 Å². The van der Waals surface area contributed by atoms with E-state index in [4.69, 9.17) is 0 Å². The molecule has 2 heterocycles. The first kappa shape index (κ1) is 20.7. The van der Waals surface area contributed by atoms with Crippen LogP contribution in [0, 0.1) is 15.9 Å². The average molecular weight is 438 g/mol. The predicted octanol–water partition coefficient (Wildman–Crippen LogP) is 2.63. The molecular formula is C20H15FN6O5. The van der Waals surface area contributed by atoms with Crippen molar-refractivity contribution in [2.45, 2.75) is 12.3 Å². The van der Waals surface area contributed by atoms with Crippen LogP contribution in [0.5, 0.6) is 0 Å². The molecule has 2 amide bonds. The Kier molecular flexibility index (Phi) is 5.33. The smallest absolute Gasteiger partial charge is 0.271 e. The first-order chi connectivity index (χ1) is 15.3. The molecule has 0 spiro atoms. The molecule has 3 aromatic rings. The van der Waals surface area contributed by atoms with Gasteiger partial charge in [-0.15, -0.1) is 0 Å². The lowest BCUT2D eigenvalue weighted by atomic mass is 9.92. The zero-order valence-electron chi connectivity index (χ0n) is 16.2. The fourth-order valence-electron chi connectivity index (χ4n) is 3.25. The fourth-order valence-corrected chi connectivity index (χ4v) is 3.25. The summed E-state index contributed by atoms with van der Waals surface area (Å²) in [7, 11) is 0. The minimum Gasteiger partial charge on any atom is -0.326 e. The molecule has 0 bridgehead atoms. The van der Waals surface area contributed by atoms with E-state index in [-0.39, 0.29) is 35.1 Å². The number of nitro groups is 1. The first-order valence-corrected chi connectivity index (χ1v) is 9.32. The van der Waals surface area contributed by atoms with Gasteiger partial charge in [0, 0.05) is 29.9 Å². The number of rotatable bonds is 5. The number of nitrogens with zero attached hydrogens (tertiary/aromatic N) is 2. The summed E-state index contributed by atoms with van der Waals surface area (Å²) < 4.78 is 13.1. The maximum Gasteiger partial charge on any atom is 0.271 e. The van der Waals surface area contributed by atoms with E-state index in [1.54, 1.807) is 0 Å². The number of non-ortho nitro benzene ring substituents is 1. The average Bonchev–Trinajstić information content (AvgIpc) is 2.74. The molecule has 1 unspecified atom stereocenters. The second-order valence-electron chi connectivity index (χ2n) is 6.91. The monoisotopic (exact) mass is 438 g/mol. The van der Waals surface area contributed by atoms with Crippen molar-refractivity contribution in [1.29, 1.82) is 0 Å². The molecular weight excluding hydrogens is 423 g/mol. The van der Waals surface area contributed by atoms with Crippen LogP contribution in [0.4, 0.5) is 33.2 Å². The van der Waals surface area contributed by atoms with Crippen LogP contribution >= 0.6 is 0 Å². The Labute approximate surface area is 178 Å². The molecule has 1 aliphatic heterocycles. The number of carbonyl (C=O) groups is 2. The molecule has 32 heavy (non-hydrogen) atoms. The largest absolute Gasteiger partial charge is 0.326 e. The summed E-state index contributed by atoms with van der Waals surface area (Å²) in [5.41, 5.74) is -0.330. The van der Waals surface area contributed by atoms with E-state index in [9.17, 15) is 28.9 Å². The van der Waals surface area contributed by atoms with Gasteiger partial charge in [0.05, 0.1) is 16.4 Å². The first-order valence-electron chi connectivity index (χ1n) is 9.32. The molecule has 0 fully saturated rings. The highest BCUT2D eigenvalue weighted by atomic mass is 19.1. The van der Waals surface area contributed by atoms with Gasteiger partial charge in [-0.05, 0) is 30.3 Å². The molecule has 12 heteroatoms. The van der Waals surface area contributed by atoms with E-state index in [2.05, 4.69) is 25.9 Å². The van der Waals surface area contributed by atoms with E-state index in [0.29, 0.717) is 5.69 Å². The number of H-pyrrole nitrogens is 1. The Hall–Kier alpha value is -4.61. The van der Waals surface area contributed by atoms with Crippen LogP contribution in [0.1, 0.15) is 17.9 Å². The predicted molar refractivity (Wildman–Crippen MR) is 112 cm³/mol. The summed E-state index contributed by atoms with van der Waals surface area (Å²) in [6.07, 6.45) is -0.302. The van der Waals surface area contributed by atoms with Crippen LogP contribution in [-0.2, 0) is 9.59 Å². The lowest BCUT2D eigenvalue weighted by Gasteiger charge is -2.23. The van der Waals surface area contributed by atoms with Crippen molar-refractivity contribution in [3.8, 4) is 0 Å². The number of halogens is 1. The van der Waals surface area contributed by atoms with Gasteiger partial charge in [-0.25, -0.2) is 4.39 Å². The number of fused-ring (bicyclic) bond motifs is 1. The second-order valence-corrected chi connectivity index (χ2v) is 6.91. The molecule has 162 valence electrons. The quantitative estimate of drug-likeness (QED) is 0.352. The highest BCUT2D eigenvalue weighted by molar-refractivity contribution is 6.04. The number of hydrogen-bond donors (Lipinski definition) is 4. The van der Waals surface area contributed by atoms with Crippen molar-refractivity contribution in [1.82, 2.24) is 9.97 Å². The number of nitro benzene ring substituents is 1. The number of hydrogen-bond acceptors (Lipinski definition) is 7. The maximum absolute atomic E-state index is 13.1. The van der Waals surface area contributed by atoms with Gasteiger partial charge in [0.1, 0.15) is 11.6 Å². The van der Waals surface area contributed by atoms with Crippen molar-refractivity contribution >= 4 is 40.6 Å². The van der Waals surface area contributed by atoms with Crippen LogP contribution in [0.25, 0.3) is 0 Å². The third kappa shape index (κ3) is 4.28. The molecule has 0 aliphatic carbocycles. The lowest BCUT2D eigenvalue weighted by molar-refractivity contribution is -0.384. The minimum absolute atomic E-state index is 0.0135. The van der Waals surface area contributed by atoms with Crippen LogP contribution in [0.2, 0.25) is 0 Å². The number of amides is 2. The lowest BCUT2D eigenvalue weighted by Crippen LogP contribution is -2.36. The van der Waals surface area contributed by atoms with Gasteiger partial charge in [0.25, 0.3) is 11.2 Å². The van der Waals surface area contributed by atoms with Crippen LogP contribution in [0.15, 0.2) is 53.3 Å². The number of aromatic amines is 1. The van der Waals surface area contributed by atoms with Gasteiger partial charge >= 0.3 is 0 Å². The maximum atomic E-state index is 13.1. The highest BCUT2D eigenvalue weighted by Crippen LogP contribution is 2.30. The van der Waals surface area contributed by atoms with E-state index in [0.717, 1.165) is 0 Å². The van der Waals surface area contributed by atoms with E-state index < -0.39 is 34.0 Å². The number of benzene rings is 2. The summed E-state index contributed by atoms with van der Waals surface area (Å²) in [5, 5.41) is 18.7. The van der Waals surface area contributed by atoms with Gasteiger partial charge in [-0.2, -0.15) is 4.98 Å². The Balaban J connectivity index is 1.62. The zero-order chi connectivity index (χ0) is 22.8. The van der Waals surface area contributed by atoms with Crippen molar-refractivity contribution in [3.63, 3.8) is 0 Å². The van der Waals surface area contributed by atoms with Gasteiger partial charge in [0.2, 0.25) is 17.8 Å². The van der Waals surface area contributed by atoms with Crippen molar-refractivity contribution in [2.24, 2.45) is 0 Å². The SMILES string of the molecule is O=C1CC(C(=O)Nc2cccc([N+](=O)[O-])c2)c2c(nc(Nc3ccc(F)cc3)[nH]c2=O)N1. The number of carbonyl (C=O) groups excluding carboxylic acids is 2. The Morgan fingerprint density at radius 3 is 2.62 bits per heavy atom. The van der Waals surface area contributed by atoms with Crippen molar-refractivity contribution < 1.29 is 18.9 Å². The summed E-state index contributed by atoms with van der Waals surface area (Å²) in [4.78, 5) is 54.7. The number of aromatic nitrogens is 2. The Morgan fingerprint density at radius 2 is 1.91 bits per heavy atom. The molecule has 0 saturated heterocycles. The normalized spacial score (nSPS) is 14.8. The summed E-state index contributed by atoms with van der Waals surface area (Å²) in [6, 6.07) is 10.6. The summed E-state index contributed by atoms with van der Waals surface area (Å²) >= 11 is 0. The molecule has 2 aromatic carbocycles.